The number of aromatic nitrogens is 2. The molecule has 0 aromatic carbocycles. The zero-order valence-electron chi connectivity index (χ0n) is 8.87. The number of hydrogen-bond acceptors (Lipinski definition) is 3. The predicted molar refractivity (Wildman–Crippen MR) is 56.0 cm³/mol. The first-order valence-electron chi connectivity index (χ1n) is 4.86. The van der Waals surface area contributed by atoms with Crippen molar-refractivity contribution in [3.63, 3.8) is 0 Å². The molecule has 5 nitrogen and oxygen atoms in total. The summed E-state index contributed by atoms with van der Waals surface area (Å²) >= 11 is 0. The van der Waals surface area contributed by atoms with Gasteiger partial charge in [-0.3, -0.25) is 19.1 Å². The fourth-order valence-electron chi connectivity index (χ4n) is 1.21. The van der Waals surface area contributed by atoms with Crippen molar-refractivity contribution in [2.45, 2.75) is 33.2 Å². The number of nitrogens with one attached hydrogen (secondary N) is 1. The Morgan fingerprint density at radius 3 is 2.73 bits per heavy atom. The summed E-state index contributed by atoms with van der Waals surface area (Å²) in [5, 5.41) is 0. The lowest BCUT2D eigenvalue weighted by Crippen LogP contribution is -2.31. The summed E-state index contributed by atoms with van der Waals surface area (Å²) in [6.45, 7) is 3.72. The van der Waals surface area contributed by atoms with E-state index in [2.05, 4.69) is 4.98 Å². The SMILES string of the molecule is CCC(=O)CCn1cc(C)c(=O)[nH]c1=O. The quantitative estimate of drug-likeness (QED) is 0.772. The van der Waals surface area contributed by atoms with E-state index < -0.39 is 5.69 Å². The van der Waals surface area contributed by atoms with Crippen molar-refractivity contribution in [1.29, 1.82) is 0 Å². The molecule has 1 rings (SSSR count). The molecule has 0 unspecified atom stereocenters. The molecule has 0 aliphatic carbocycles. The van der Waals surface area contributed by atoms with Crippen molar-refractivity contribution >= 4 is 5.78 Å². The summed E-state index contributed by atoms with van der Waals surface area (Å²) in [6, 6.07) is 0. The maximum absolute atomic E-state index is 11.3. The molecule has 0 atom stereocenters. The van der Waals surface area contributed by atoms with Gasteiger partial charge in [-0.05, 0) is 6.92 Å². The minimum Gasteiger partial charge on any atom is -0.300 e. The monoisotopic (exact) mass is 210 g/mol. The molecular weight excluding hydrogens is 196 g/mol. The summed E-state index contributed by atoms with van der Waals surface area (Å²) in [5.41, 5.74) is -0.369. The Balaban J connectivity index is 2.87. The first kappa shape index (κ1) is 11.4. The standard InChI is InChI=1S/C10H14N2O3/c1-3-8(13)4-5-12-6-7(2)9(14)11-10(12)15/h6H,3-5H2,1-2H3,(H,11,14,15). The van der Waals surface area contributed by atoms with E-state index in [9.17, 15) is 14.4 Å². The molecule has 5 heteroatoms. The Bertz CT molecular complexity index is 470. The number of Topliss-reactive ketones (excluding diaryl/α,β-unsaturated/α-hetero) is 1. The third-order valence-corrected chi connectivity index (χ3v) is 2.21. The first-order valence-corrected chi connectivity index (χ1v) is 4.86. The largest absolute Gasteiger partial charge is 0.328 e. The van der Waals surface area contributed by atoms with Crippen LogP contribution >= 0.6 is 0 Å². The van der Waals surface area contributed by atoms with E-state index in [1.165, 1.54) is 10.8 Å². The smallest absolute Gasteiger partial charge is 0.300 e. The molecule has 0 radical (unpaired) electrons. The summed E-state index contributed by atoms with van der Waals surface area (Å²) in [7, 11) is 0. The molecule has 0 bridgehead atoms. The minimum atomic E-state index is -0.463. The Morgan fingerprint density at radius 1 is 1.47 bits per heavy atom. The summed E-state index contributed by atoms with van der Waals surface area (Å²) in [4.78, 5) is 35.6. The van der Waals surface area contributed by atoms with Crippen molar-refractivity contribution in [1.82, 2.24) is 9.55 Å². The van der Waals surface area contributed by atoms with Crippen LogP contribution in [0.15, 0.2) is 15.8 Å². The van der Waals surface area contributed by atoms with Gasteiger partial charge in [0.05, 0.1) is 0 Å². The predicted octanol–water partition coefficient (Wildman–Crippen LogP) is 0.214. The number of nitrogens with zero attached hydrogens (tertiary/aromatic N) is 1. The second-order valence-electron chi connectivity index (χ2n) is 3.41. The van der Waals surface area contributed by atoms with E-state index >= 15 is 0 Å². The van der Waals surface area contributed by atoms with Crippen molar-refractivity contribution in [3.8, 4) is 0 Å². The van der Waals surface area contributed by atoms with Gasteiger partial charge < -0.3 is 0 Å². The van der Waals surface area contributed by atoms with Gasteiger partial charge in [0.2, 0.25) is 0 Å². The second kappa shape index (κ2) is 4.72. The van der Waals surface area contributed by atoms with Crippen LogP contribution in [0, 0.1) is 6.92 Å². The van der Waals surface area contributed by atoms with Gasteiger partial charge in [0.25, 0.3) is 5.56 Å². The highest BCUT2D eigenvalue weighted by Gasteiger charge is 2.03. The summed E-state index contributed by atoms with van der Waals surface area (Å²) in [5.74, 6) is 0.103. The number of hydrogen-bond donors (Lipinski definition) is 1. The number of H-pyrrole nitrogens is 1. The molecule has 0 fully saturated rings. The molecule has 0 amide bonds. The van der Waals surface area contributed by atoms with E-state index in [4.69, 9.17) is 0 Å². The van der Waals surface area contributed by atoms with Gasteiger partial charge >= 0.3 is 5.69 Å². The van der Waals surface area contributed by atoms with Crippen LogP contribution in [-0.2, 0) is 11.3 Å². The number of aromatic amines is 1. The lowest BCUT2D eigenvalue weighted by Gasteiger charge is -2.04. The van der Waals surface area contributed by atoms with Gasteiger partial charge in [-0.15, -0.1) is 0 Å². The molecule has 15 heavy (non-hydrogen) atoms. The zero-order chi connectivity index (χ0) is 11.4. The fourth-order valence-corrected chi connectivity index (χ4v) is 1.21. The highest BCUT2D eigenvalue weighted by molar-refractivity contribution is 5.77. The number of ketones is 1. The second-order valence-corrected chi connectivity index (χ2v) is 3.41. The Morgan fingerprint density at radius 2 is 2.13 bits per heavy atom. The summed E-state index contributed by atoms with van der Waals surface area (Å²) in [6.07, 6.45) is 2.27. The Hall–Kier alpha value is -1.65. The first-order chi connectivity index (χ1) is 7.04. The fraction of sp³-hybridized carbons (Fsp3) is 0.500. The van der Waals surface area contributed by atoms with Crippen molar-refractivity contribution in [2.75, 3.05) is 0 Å². The molecule has 1 heterocycles. The lowest BCUT2D eigenvalue weighted by molar-refractivity contribution is -0.118. The van der Waals surface area contributed by atoms with E-state index in [1.807, 2.05) is 0 Å². The van der Waals surface area contributed by atoms with Gasteiger partial charge in [-0.2, -0.15) is 0 Å². The molecular formula is C10H14N2O3. The van der Waals surface area contributed by atoms with E-state index in [-0.39, 0.29) is 11.3 Å². The zero-order valence-corrected chi connectivity index (χ0v) is 8.87. The van der Waals surface area contributed by atoms with Crippen LogP contribution in [0.2, 0.25) is 0 Å². The van der Waals surface area contributed by atoms with Gasteiger partial charge in [-0.25, -0.2) is 4.79 Å². The van der Waals surface area contributed by atoms with Gasteiger partial charge in [0.15, 0.2) is 0 Å². The van der Waals surface area contributed by atoms with Crippen molar-refractivity contribution < 1.29 is 4.79 Å². The molecule has 82 valence electrons. The molecule has 0 aliphatic heterocycles. The van der Waals surface area contributed by atoms with Gasteiger partial charge in [0, 0.05) is 31.1 Å². The third kappa shape index (κ3) is 2.90. The average Bonchev–Trinajstić information content (AvgIpc) is 2.21. The molecule has 1 aromatic heterocycles. The molecule has 0 spiro atoms. The highest BCUT2D eigenvalue weighted by Crippen LogP contribution is 1.92. The van der Waals surface area contributed by atoms with Crippen LogP contribution in [0.4, 0.5) is 0 Å². The number of aryl methyl sites for hydroxylation is 2. The van der Waals surface area contributed by atoms with Crippen LogP contribution in [0.25, 0.3) is 0 Å². The highest BCUT2D eigenvalue weighted by atomic mass is 16.2. The molecule has 0 saturated carbocycles. The number of carbonyl (C=O) groups excluding carboxylic acids is 1. The van der Waals surface area contributed by atoms with Crippen LogP contribution < -0.4 is 11.2 Å². The van der Waals surface area contributed by atoms with Gasteiger partial charge in [-0.1, -0.05) is 6.92 Å². The molecule has 1 aromatic rings. The summed E-state index contributed by atoms with van der Waals surface area (Å²) < 4.78 is 1.35. The van der Waals surface area contributed by atoms with Crippen LogP contribution in [0.3, 0.4) is 0 Å². The Kier molecular flexibility index (Phi) is 3.60. The van der Waals surface area contributed by atoms with Crippen LogP contribution in [0.5, 0.6) is 0 Å². The third-order valence-electron chi connectivity index (χ3n) is 2.21. The normalized spacial score (nSPS) is 10.3. The molecule has 0 aliphatic rings. The van der Waals surface area contributed by atoms with Crippen LogP contribution in [0.1, 0.15) is 25.3 Å². The molecule has 0 saturated heterocycles. The van der Waals surface area contributed by atoms with Crippen LogP contribution in [-0.4, -0.2) is 15.3 Å². The topological polar surface area (TPSA) is 71.9 Å². The minimum absolute atomic E-state index is 0.103. The number of carbonyl (C=O) groups is 1. The maximum Gasteiger partial charge on any atom is 0.328 e. The van der Waals surface area contributed by atoms with E-state index in [0.29, 0.717) is 24.9 Å². The lowest BCUT2D eigenvalue weighted by atomic mass is 10.2. The van der Waals surface area contributed by atoms with E-state index in [1.54, 1.807) is 13.8 Å². The van der Waals surface area contributed by atoms with Crippen molar-refractivity contribution in [2.24, 2.45) is 0 Å². The average molecular weight is 210 g/mol. The van der Waals surface area contributed by atoms with Crippen molar-refractivity contribution in [3.05, 3.63) is 32.6 Å². The van der Waals surface area contributed by atoms with Gasteiger partial charge in [0.1, 0.15) is 5.78 Å². The molecule has 1 N–H and O–H groups in total. The maximum atomic E-state index is 11.3. The Labute approximate surface area is 86.8 Å². The number of rotatable bonds is 4. The van der Waals surface area contributed by atoms with E-state index in [0.717, 1.165) is 0 Å².